The van der Waals surface area contributed by atoms with Gasteiger partial charge in [0.1, 0.15) is 5.82 Å². The Balaban J connectivity index is 2.25. The third-order valence-corrected chi connectivity index (χ3v) is 3.51. The topological polar surface area (TPSA) is 38.5 Å². The van der Waals surface area contributed by atoms with Gasteiger partial charge in [0.15, 0.2) is 0 Å². The number of piperidine rings is 1. The fourth-order valence-corrected chi connectivity index (χ4v) is 2.61. The lowest BCUT2D eigenvalue weighted by atomic mass is 10.0. The highest BCUT2D eigenvalue weighted by Crippen LogP contribution is 2.28. The summed E-state index contributed by atoms with van der Waals surface area (Å²) in [6, 6.07) is 5.23. The molecule has 1 aliphatic heterocycles. The van der Waals surface area contributed by atoms with Gasteiger partial charge in [0.25, 0.3) is 0 Å². The molecule has 100 valence electrons. The first-order valence-electron chi connectivity index (χ1n) is 6.51. The minimum Gasteiger partial charge on any atom is -0.380 e. The van der Waals surface area contributed by atoms with E-state index in [0.29, 0.717) is 18.7 Å². The van der Waals surface area contributed by atoms with Crippen LogP contribution in [-0.2, 0) is 11.2 Å². The number of halogens is 1. The molecule has 0 amide bonds. The molecule has 1 aliphatic rings. The van der Waals surface area contributed by atoms with Gasteiger partial charge in [-0.1, -0.05) is 12.1 Å². The van der Waals surface area contributed by atoms with E-state index in [1.54, 1.807) is 13.2 Å². The average molecular weight is 252 g/mol. The van der Waals surface area contributed by atoms with Crippen LogP contribution in [0.4, 0.5) is 10.1 Å². The number of para-hydroxylation sites is 1. The van der Waals surface area contributed by atoms with Gasteiger partial charge in [-0.25, -0.2) is 4.39 Å². The van der Waals surface area contributed by atoms with Crippen LogP contribution >= 0.6 is 0 Å². The Morgan fingerprint density at radius 2 is 2.33 bits per heavy atom. The summed E-state index contributed by atoms with van der Waals surface area (Å²) >= 11 is 0. The first-order chi connectivity index (χ1) is 8.76. The summed E-state index contributed by atoms with van der Waals surface area (Å²) in [4.78, 5) is 2.10. The maximum Gasteiger partial charge on any atom is 0.146 e. The van der Waals surface area contributed by atoms with E-state index in [9.17, 15) is 4.39 Å². The Hall–Kier alpha value is -1.13. The van der Waals surface area contributed by atoms with Crippen LogP contribution in [0.3, 0.4) is 0 Å². The summed E-state index contributed by atoms with van der Waals surface area (Å²) < 4.78 is 19.5. The van der Waals surface area contributed by atoms with Crippen molar-refractivity contribution in [2.75, 3.05) is 31.6 Å². The molecule has 1 fully saturated rings. The van der Waals surface area contributed by atoms with E-state index < -0.39 is 0 Å². The third kappa shape index (κ3) is 2.82. The van der Waals surface area contributed by atoms with E-state index in [4.69, 9.17) is 10.5 Å². The van der Waals surface area contributed by atoms with E-state index in [1.165, 1.54) is 6.07 Å². The zero-order valence-electron chi connectivity index (χ0n) is 10.9. The van der Waals surface area contributed by atoms with Gasteiger partial charge in [-0.15, -0.1) is 0 Å². The van der Waals surface area contributed by atoms with Crippen molar-refractivity contribution < 1.29 is 9.13 Å². The molecule has 4 heteroatoms. The van der Waals surface area contributed by atoms with Crippen molar-refractivity contribution in [1.29, 1.82) is 0 Å². The molecular formula is C14H21FN2O. The largest absolute Gasteiger partial charge is 0.380 e. The van der Waals surface area contributed by atoms with Gasteiger partial charge in [-0.05, 0) is 37.4 Å². The van der Waals surface area contributed by atoms with Gasteiger partial charge in [-0.3, -0.25) is 0 Å². The van der Waals surface area contributed by atoms with Crippen molar-refractivity contribution in [2.24, 2.45) is 5.73 Å². The molecule has 0 bridgehead atoms. The molecule has 1 unspecified atom stereocenters. The molecule has 0 spiro atoms. The quantitative estimate of drug-likeness (QED) is 0.890. The molecule has 1 atom stereocenters. The summed E-state index contributed by atoms with van der Waals surface area (Å²) in [6.45, 7) is 2.19. The van der Waals surface area contributed by atoms with Crippen molar-refractivity contribution in [1.82, 2.24) is 0 Å². The standard InChI is InChI=1S/C14H21FN2O/c1-18-12-5-3-9-17(10-12)14-11(7-8-16)4-2-6-13(14)15/h2,4,6,12H,3,5,7-10,16H2,1H3. The summed E-state index contributed by atoms with van der Waals surface area (Å²) in [7, 11) is 1.72. The molecule has 0 radical (unpaired) electrons. The average Bonchev–Trinajstić information content (AvgIpc) is 2.39. The zero-order chi connectivity index (χ0) is 13.0. The number of hydrogen-bond acceptors (Lipinski definition) is 3. The number of nitrogens with two attached hydrogens (primary N) is 1. The molecule has 2 N–H and O–H groups in total. The van der Waals surface area contributed by atoms with Gasteiger partial charge in [0.05, 0.1) is 11.8 Å². The van der Waals surface area contributed by atoms with Crippen LogP contribution < -0.4 is 10.6 Å². The minimum atomic E-state index is -0.155. The van der Waals surface area contributed by atoms with Crippen LogP contribution in [0.2, 0.25) is 0 Å². The number of benzene rings is 1. The van der Waals surface area contributed by atoms with Crippen LogP contribution in [0, 0.1) is 5.82 Å². The van der Waals surface area contributed by atoms with E-state index in [-0.39, 0.29) is 11.9 Å². The van der Waals surface area contributed by atoms with Gasteiger partial charge < -0.3 is 15.4 Å². The lowest BCUT2D eigenvalue weighted by Crippen LogP contribution is -2.40. The Morgan fingerprint density at radius 1 is 1.50 bits per heavy atom. The second kappa shape index (κ2) is 6.16. The number of ether oxygens (including phenoxy) is 1. The number of methoxy groups -OCH3 is 1. The molecule has 1 saturated heterocycles. The van der Waals surface area contributed by atoms with Crippen molar-refractivity contribution in [2.45, 2.75) is 25.4 Å². The number of hydrogen-bond donors (Lipinski definition) is 1. The highest BCUT2D eigenvalue weighted by atomic mass is 19.1. The van der Waals surface area contributed by atoms with Gasteiger partial charge in [0.2, 0.25) is 0 Å². The Kier molecular flexibility index (Phi) is 4.55. The fraction of sp³-hybridized carbons (Fsp3) is 0.571. The van der Waals surface area contributed by atoms with E-state index in [0.717, 1.165) is 31.5 Å². The molecule has 0 aromatic heterocycles. The van der Waals surface area contributed by atoms with Crippen LogP contribution in [0.5, 0.6) is 0 Å². The van der Waals surface area contributed by atoms with Crippen LogP contribution in [0.15, 0.2) is 18.2 Å². The summed E-state index contributed by atoms with van der Waals surface area (Å²) in [5.41, 5.74) is 7.30. The fourth-order valence-electron chi connectivity index (χ4n) is 2.61. The number of anilines is 1. The molecule has 1 aromatic rings. The molecule has 2 rings (SSSR count). The van der Waals surface area contributed by atoms with Crippen molar-refractivity contribution >= 4 is 5.69 Å². The number of nitrogens with zero attached hydrogens (tertiary/aromatic N) is 1. The van der Waals surface area contributed by atoms with E-state index in [1.807, 2.05) is 6.07 Å². The predicted octanol–water partition coefficient (Wildman–Crippen LogP) is 1.94. The molecule has 1 heterocycles. The molecule has 0 saturated carbocycles. The minimum absolute atomic E-state index is 0.155. The summed E-state index contributed by atoms with van der Waals surface area (Å²) in [5, 5.41) is 0. The Labute approximate surface area is 108 Å². The lowest BCUT2D eigenvalue weighted by molar-refractivity contribution is 0.0891. The van der Waals surface area contributed by atoms with Crippen molar-refractivity contribution in [3.8, 4) is 0 Å². The van der Waals surface area contributed by atoms with E-state index >= 15 is 0 Å². The second-order valence-electron chi connectivity index (χ2n) is 4.73. The second-order valence-corrected chi connectivity index (χ2v) is 4.73. The molecular weight excluding hydrogens is 231 g/mol. The zero-order valence-corrected chi connectivity index (χ0v) is 10.9. The molecule has 0 aliphatic carbocycles. The Bertz CT molecular complexity index is 397. The number of rotatable bonds is 4. The van der Waals surface area contributed by atoms with Crippen LogP contribution in [-0.4, -0.2) is 32.8 Å². The molecule has 3 nitrogen and oxygen atoms in total. The monoisotopic (exact) mass is 252 g/mol. The smallest absolute Gasteiger partial charge is 0.146 e. The normalized spacial score (nSPS) is 20.2. The molecule has 18 heavy (non-hydrogen) atoms. The SMILES string of the molecule is COC1CCCN(c2c(F)cccc2CCN)C1. The third-order valence-electron chi connectivity index (χ3n) is 3.51. The highest BCUT2D eigenvalue weighted by Gasteiger charge is 2.23. The van der Waals surface area contributed by atoms with E-state index in [2.05, 4.69) is 4.90 Å². The van der Waals surface area contributed by atoms with Crippen LogP contribution in [0.1, 0.15) is 18.4 Å². The highest BCUT2D eigenvalue weighted by molar-refractivity contribution is 5.55. The van der Waals surface area contributed by atoms with Gasteiger partial charge in [0, 0.05) is 20.2 Å². The first kappa shape index (κ1) is 13.3. The van der Waals surface area contributed by atoms with Gasteiger partial charge >= 0.3 is 0 Å². The van der Waals surface area contributed by atoms with Crippen molar-refractivity contribution in [3.05, 3.63) is 29.6 Å². The summed E-state index contributed by atoms with van der Waals surface area (Å²) in [5.74, 6) is -0.155. The van der Waals surface area contributed by atoms with Crippen LogP contribution in [0.25, 0.3) is 0 Å². The maximum absolute atomic E-state index is 14.1. The maximum atomic E-state index is 14.1. The lowest BCUT2D eigenvalue weighted by Gasteiger charge is -2.35. The van der Waals surface area contributed by atoms with Crippen molar-refractivity contribution in [3.63, 3.8) is 0 Å². The summed E-state index contributed by atoms with van der Waals surface area (Å²) in [6.07, 6.45) is 2.99. The molecule has 1 aromatic carbocycles. The predicted molar refractivity (Wildman–Crippen MR) is 71.4 cm³/mol. The van der Waals surface area contributed by atoms with Gasteiger partial charge in [-0.2, -0.15) is 0 Å². The first-order valence-corrected chi connectivity index (χ1v) is 6.51. The Morgan fingerprint density at radius 3 is 3.06 bits per heavy atom.